The smallest absolute Gasteiger partial charge is 0.256 e. The number of hydrogen-bond acceptors (Lipinski definition) is 8. The topological polar surface area (TPSA) is 116 Å². The lowest BCUT2D eigenvalue weighted by Gasteiger charge is -2.45. The summed E-state index contributed by atoms with van der Waals surface area (Å²) >= 11 is 0. The highest BCUT2D eigenvalue weighted by molar-refractivity contribution is 5.82. The normalized spacial score (nSPS) is 35.0. The van der Waals surface area contributed by atoms with Crippen molar-refractivity contribution in [2.24, 2.45) is 11.3 Å². The van der Waals surface area contributed by atoms with E-state index in [1.807, 2.05) is 6.92 Å². The van der Waals surface area contributed by atoms with Gasteiger partial charge in [-0.25, -0.2) is 0 Å². The first-order valence-electron chi connectivity index (χ1n) is 11.6. The first-order valence-corrected chi connectivity index (χ1v) is 11.6. The number of carbonyl (C=O) groups excluding carboxylic acids is 1. The molecule has 1 amide bonds. The zero-order chi connectivity index (χ0) is 25.0. The van der Waals surface area contributed by atoms with Crippen LogP contribution in [0.4, 0.5) is 0 Å². The fourth-order valence-electron chi connectivity index (χ4n) is 4.57. The highest BCUT2D eigenvalue weighted by atomic mass is 16.6. The molecule has 33 heavy (non-hydrogen) atoms. The maximum atomic E-state index is 12.9. The van der Waals surface area contributed by atoms with E-state index in [9.17, 15) is 15.0 Å². The molecular weight excluding hydrogens is 430 g/mol. The Morgan fingerprint density at radius 3 is 2.48 bits per heavy atom. The number of aliphatic hydroxyl groups excluding tert-OH is 1. The molecule has 0 aliphatic carbocycles. The number of rotatable bonds is 10. The van der Waals surface area contributed by atoms with Gasteiger partial charge in [0.25, 0.3) is 5.91 Å². The van der Waals surface area contributed by atoms with Gasteiger partial charge >= 0.3 is 0 Å². The molecular formula is C24H43NO8. The fourth-order valence-corrected chi connectivity index (χ4v) is 4.57. The maximum absolute atomic E-state index is 12.9. The van der Waals surface area contributed by atoms with Crippen molar-refractivity contribution in [1.82, 2.24) is 5.32 Å². The van der Waals surface area contributed by atoms with E-state index < -0.39 is 30.1 Å². The quantitative estimate of drug-likeness (QED) is 0.325. The van der Waals surface area contributed by atoms with Gasteiger partial charge in [0, 0.05) is 40.1 Å². The second-order valence-corrected chi connectivity index (χ2v) is 10.1. The summed E-state index contributed by atoms with van der Waals surface area (Å²) in [5, 5.41) is 24.2. The molecule has 2 fully saturated rings. The Hall–Kier alpha value is -1.07. The highest BCUT2D eigenvalue weighted by Crippen LogP contribution is 2.40. The van der Waals surface area contributed by atoms with Gasteiger partial charge in [0.15, 0.2) is 12.3 Å². The van der Waals surface area contributed by atoms with Gasteiger partial charge in [-0.05, 0) is 25.2 Å². The van der Waals surface area contributed by atoms with Gasteiger partial charge in [-0.1, -0.05) is 32.9 Å². The molecule has 2 heterocycles. The van der Waals surface area contributed by atoms with E-state index in [1.165, 1.54) is 7.11 Å². The molecule has 9 nitrogen and oxygen atoms in total. The van der Waals surface area contributed by atoms with E-state index in [0.29, 0.717) is 19.4 Å². The summed E-state index contributed by atoms with van der Waals surface area (Å²) in [5.41, 5.74) is 0.622. The number of ether oxygens (including phenoxy) is 5. The van der Waals surface area contributed by atoms with Crippen molar-refractivity contribution in [2.45, 2.75) is 95.9 Å². The van der Waals surface area contributed by atoms with E-state index in [0.717, 1.165) is 12.0 Å². The monoisotopic (exact) mass is 473 g/mol. The summed E-state index contributed by atoms with van der Waals surface area (Å²) in [7, 11) is 4.74. The van der Waals surface area contributed by atoms with Gasteiger partial charge in [0.2, 0.25) is 5.79 Å². The molecule has 0 aromatic heterocycles. The van der Waals surface area contributed by atoms with Crippen LogP contribution in [0.15, 0.2) is 12.2 Å². The second kappa shape index (κ2) is 11.6. The van der Waals surface area contributed by atoms with Crippen LogP contribution in [0.1, 0.15) is 53.4 Å². The Balaban J connectivity index is 2.06. The van der Waals surface area contributed by atoms with Crippen molar-refractivity contribution in [3.05, 3.63) is 12.2 Å². The van der Waals surface area contributed by atoms with Crippen molar-refractivity contribution < 1.29 is 38.7 Å². The van der Waals surface area contributed by atoms with Gasteiger partial charge in [-0.15, -0.1) is 0 Å². The van der Waals surface area contributed by atoms with Crippen LogP contribution in [-0.2, 0) is 28.5 Å². The van der Waals surface area contributed by atoms with Crippen LogP contribution in [0.5, 0.6) is 0 Å². The van der Waals surface area contributed by atoms with Gasteiger partial charge in [-0.3, -0.25) is 4.79 Å². The maximum Gasteiger partial charge on any atom is 0.256 e. The summed E-state index contributed by atoms with van der Waals surface area (Å²) < 4.78 is 28.3. The summed E-state index contributed by atoms with van der Waals surface area (Å²) in [6, 6.07) is 0. The van der Waals surface area contributed by atoms with E-state index >= 15 is 0 Å². The summed E-state index contributed by atoms with van der Waals surface area (Å²) in [4.78, 5) is 12.9. The summed E-state index contributed by atoms with van der Waals surface area (Å²) in [6.07, 6.45) is -1.58. The number of aliphatic hydroxyl groups is 2. The molecule has 2 aliphatic rings. The summed E-state index contributed by atoms with van der Waals surface area (Å²) in [6.45, 7) is 12.4. The lowest BCUT2D eigenvalue weighted by Crippen LogP contribution is -2.60. The van der Waals surface area contributed by atoms with E-state index in [4.69, 9.17) is 23.7 Å². The zero-order valence-corrected chi connectivity index (χ0v) is 21.1. The number of nitrogens with one attached hydrogen (secondary N) is 1. The SMILES string of the molecule is C=C1C[C@](O)([C@H](O)C(=O)N[C@@H](OC)[C@@H]2CCC(C)(C)[C@@H](C[C@@H](COC)OC)O2)O[C@H](C)[C@@H]1C. The zero-order valence-electron chi connectivity index (χ0n) is 21.1. The van der Waals surface area contributed by atoms with Gasteiger partial charge in [0.05, 0.1) is 24.9 Å². The molecule has 0 spiro atoms. The lowest BCUT2D eigenvalue weighted by molar-refractivity contribution is -0.285. The third-order valence-electron chi connectivity index (χ3n) is 7.22. The molecule has 9 heteroatoms. The second-order valence-electron chi connectivity index (χ2n) is 10.1. The molecule has 3 N–H and O–H groups in total. The molecule has 0 aromatic carbocycles. The average Bonchev–Trinajstić information content (AvgIpc) is 2.76. The number of hydrogen-bond donors (Lipinski definition) is 3. The molecule has 2 saturated heterocycles. The summed E-state index contributed by atoms with van der Waals surface area (Å²) in [5.74, 6) is -2.83. The third kappa shape index (κ3) is 6.75. The number of amides is 1. The first-order chi connectivity index (χ1) is 15.4. The lowest BCUT2D eigenvalue weighted by atomic mass is 9.76. The Kier molecular flexibility index (Phi) is 9.88. The average molecular weight is 474 g/mol. The molecule has 192 valence electrons. The van der Waals surface area contributed by atoms with Crippen LogP contribution in [0, 0.1) is 11.3 Å². The standard InChI is InChI=1S/C24H43NO8/c1-14-12-24(28,33-16(3)15(14)2)20(26)21(27)25-22(31-8)18-9-10-23(4,5)19(32-18)11-17(30-7)13-29-6/h15-20,22,26,28H,1,9-13H2,2-8H3,(H,25,27)/t15-,16-,17+,18+,19-,20-,22+,24-/m1/s1. The van der Waals surface area contributed by atoms with E-state index in [-0.39, 0.29) is 36.1 Å². The molecule has 2 aliphatic heterocycles. The minimum absolute atomic E-state index is 0.0113. The molecule has 0 aromatic rings. The molecule has 0 unspecified atom stereocenters. The van der Waals surface area contributed by atoms with Crippen LogP contribution in [0.3, 0.4) is 0 Å². The number of carbonyl (C=O) groups is 1. The Morgan fingerprint density at radius 2 is 1.94 bits per heavy atom. The van der Waals surface area contributed by atoms with Crippen molar-refractivity contribution in [3.8, 4) is 0 Å². The van der Waals surface area contributed by atoms with Crippen LogP contribution < -0.4 is 5.32 Å². The molecule has 0 radical (unpaired) electrons. The minimum atomic E-state index is -2.05. The predicted molar refractivity (Wildman–Crippen MR) is 122 cm³/mol. The van der Waals surface area contributed by atoms with Crippen LogP contribution in [-0.4, -0.2) is 86.6 Å². The fraction of sp³-hybridized carbons (Fsp3) is 0.875. The van der Waals surface area contributed by atoms with E-state index in [2.05, 4.69) is 25.7 Å². The largest absolute Gasteiger partial charge is 0.382 e. The number of methoxy groups -OCH3 is 3. The molecule has 0 bridgehead atoms. The highest BCUT2D eigenvalue weighted by Gasteiger charge is 2.49. The van der Waals surface area contributed by atoms with Crippen molar-refractivity contribution in [2.75, 3.05) is 27.9 Å². The Bertz CT molecular complexity index is 671. The predicted octanol–water partition coefficient (Wildman–Crippen LogP) is 1.75. The minimum Gasteiger partial charge on any atom is -0.382 e. The third-order valence-corrected chi connectivity index (χ3v) is 7.22. The van der Waals surface area contributed by atoms with Gasteiger partial charge in [-0.2, -0.15) is 0 Å². The molecule has 0 saturated carbocycles. The van der Waals surface area contributed by atoms with Crippen LogP contribution in [0.25, 0.3) is 0 Å². The first kappa shape index (κ1) is 28.2. The van der Waals surface area contributed by atoms with Crippen molar-refractivity contribution >= 4 is 5.91 Å². The molecule has 2 rings (SSSR count). The van der Waals surface area contributed by atoms with Crippen molar-refractivity contribution in [1.29, 1.82) is 0 Å². The Labute approximate surface area is 197 Å². The van der Waals surface area contributed by atoms with Crippen LogP contribution in [0.2, 0.25) is 0 Å². The van der Waals surface area contributed by atoms with E-state index in [1.54, 1.807) is 21.1 Å². The van der Waals surface area contributed by atoms with Gasteiger partial charge in [0.1, 0.15) is 6.10 Å². The van der Waals surface area contributed by atoms with Gasteiger partial charge < -0.3 is 39.2 Å². The van der Waals surface area contributed by atoms with Crippen LogP contribution >= 0.6 is 0 Å². The molecule has 8 atom stereocenters. The van der Waals surface area contributed by atoms with Crippen molar-refractivity contribution in [3.63, 3.8) is 0 Å². The Morgan fingerprint density at radius 1 is 1.27 bits per heavy atom.